The zero-order valence-corrected chi connectivity index (χ0v) is 15.4. The molecule has 0 bridgehead atoms. The first-order valence-corrected chi connectivity index (χ1v) is 8.90. The van der Waals surface area contributed by atoms with E-state index in [1.54, 1.807) is 18.6 Å². The topological polar surface area (TPSA) is 59.8 Å². The number of hydrogen-bond donors (Lipinski definition) is 1. The third kappa shape index (κ3) is 3.82. The third-order valence-electron chi connectivity index (χ3n) is 4.49. The number of hydrogen-bond acceptors (Lipinski definition) is 3. The molecule has 0 saturated heterocycles. The van der Waals surface area contributed by atoms with Crippen LogP contribution in [-0.2, 0) is 6.54 Å². The van der Waals surface area contributed by atoms with Gasteiger partial charge in [0.25, 0.3) is 5.91 Å². The van der Waals surface area contributed by atoms with Gasteiger partial charge in [-0.2, -0.15) is 5.10 Å². The molecule has 0 radical (unpaired) electrons. The second-order valence-corrected chi connectivity index (χ2v) is 6.47. The second-order valence-electron chi connectivity index (χ2n) is 6.47. The van der Waals surface area contributed by atoms with Gasteiger partial charge in [-0.1, -0.05) is 42.8 Å². The van der Waals surface area contributed by atoms with Gasteiger partial charge in [0.1, 0.15) is 0 Å². The second kappa shape index (κ2) is 7.95. The molecule has 5 nitrogen and oxygen atoms in total. The first kappa shape index (κ1) is 17.9. The van der Waals surface area contributed by atoms with Crippen molar-refractivity contribution in [1.82, 2.24) is 20.1 Å². The average Bonchev–Trinajstić information content (AvgIpc) is 3.02. The number of aromatic nitrogens is 3. The van der Waals surface area contributed by atoms with Gasteiger partial charge in [-0.05, 0) is 37.5 Å². The van der Waals surface area contributed by atoms with Gasteiger partial charge >= 0.3 is 0 Å². The van der Waals surface area contributed by atoms with Crippen LogP contribution in [0.15, 0.2) is 55.0 Å². The minimum absolute atomic E-state index is 0.126. The molecule has 5 heteroatoms. The maximum atomic E-state index is 12.9. The van der Waals surface area contributed by atoms with Crippen LogP contribution in [0.1, 0.15) is 52.1 Å². The van der Waals surface area contributed by atoms with Crippen LogP contribution in [0.25, 0.3) is 0 Å². The highest BCUT2D eigenvalue weighted by Gasteiger charge is 2.21. The molecule has 1 aromatic carbocycles. The Bertz CT molecular complexity index is 869. The van der Waals surface area contributed by atoms with Crippen LogP contribution in [0, 0.1) is 13.8 Å². The molecule has 3 rings (SSSR count). The predicted molar refractivity (Wildman–Crippen MR) is 102 cm³/mol. The highest BCUT2D eigenvalue weighted by Crippen LogP contribution is 2.23. The molecule has 1 amide bonds. The minimum atomic E-state index is -0.259. The molecule has 1 N–H and O–H groups in total. The van der Waals surface area contributed by atoms with Crippen LogP contribution in [0.2, 0.25) is 0 Å². The summed E-state index contributed by atoms with van der Waals surface area (Å²) in [6.45, 7) is 6.88. The van der Waals surface area contributed by atoms with Crippen molar-refractivity contribution in [2.24, 2.45) is 0 Å². The number of nitrogens with zero attached hydrogens (tertiary/aromatic N) is 3. The van der Waals surface area contributed by atoms with Gasteiger partial charge in [0.2, 0.25) is 0 Å². The first-order valence-electron chi connectivity index (χ1n) is 8.90. The van der Waals surface area contributed by atoms with E-state index in [9.17, 15) is 4.79 Å². The molecule has 2 heterocycles. The van der Waals surface area contributed by atoms with Crippen molar-refractivity contribution in [3.63, 3.8) is 0 Å². The van der Waals surface area contributed by atoms with Gasteiger partial charge in [-0.25, -0.2) is 0 Å². The number of nitrogens with one attached hydrogen (secondary N) is 1. The van der Waals surface area contributed by atoms with Gasteiger partial charge in [0.15, 0.2) is 0 Å². The van der Waals surface area contributed by atoms with Crippen LogP contribution in [0.5, 0.6) is 0 Å². The first-order chi connectivity index (χ1) is 12.6. The molecule has 0 aliphatic carbocycles. The van der Waals surface area contributed by atoms with Gasteiger partial charge in [-0.15, -0.1) is 0 Å². The summed E-state index contributed by atoms with van der Waals surface area (Å²) in [6.07, 6.45) is 6.15. The summed E-state index contributed by atoms with van der Waals surface area (Å²) < 4.78 is 1.87. The Morgan fingerprint density at radius 2 is 1.88 bits per heavy atom. The largest absolute Gasteiger partial charge is 0.341 e. The number of carbonyl (C=O) groups excluding carboxylic acids is 1. The lowest BCUT2D eigenvalue weighted by Gasteiger charge is -2.19. The van der Waals surface area contributed by atoms with Crippen molar-refractivity contribution >= 4 is 5.91 Å². The summed E-state index contributed by atoms with van der Waals surface area (Å²) in [5, 5.41) is 7.48. The van der Waals surface area contributed by atoms with Gasteiger partial charge in [0.05, 0.1) is 17.8 Å². The summed E-state index contributed by atoms with van der Waals surface area (Å²) in [7, 11) is 0. The molecular formula is C21H24N4O. The monoisotopic (exact) mass is 348 g/mol. The number of aryl methyl sites for hydroxylation is 2. The van der Waals surface area contributed by atoms with Crippen molar-refractivity contribution in [3.8, 4) is 0 Å². The number of pyridine rings is 1. The zero-order valence-electron chi connectivity index (χ0n) is 15.4. The van der Waals surface area contributed by atoms with Crippen LogP contribution >= 0.6 is 0 Å². The maximum absolute atomic E-state index is 12.9. The number of rotatable bonds is 6. The van der Waals surface area contributed by atoms with Gasteiger partial charge in [0, 0.05) is 24.6 Å². The zero-order chi connectivity index (χ0) is 18.5. The van der Waals surface area contributed by atoms with E-state index < -0.39 is 0 Å². The Hall–Kier alpha value is -2.95. The van der Waals surface area contributed by atoms with Crippen molar-refractivity contribution in [1.29, 1.82) is 0 Å². The van der Waals surface area contributed by atoms with E-state index in [2.05, 4.69) is 34.5 Å². The van der Waals surface area contributed by atoms with Crippen molar-refractivity contribution in [3.05, 3.63) is 82.9 Å². The Kier molecular flexibility index (Phi) is 5.46. The van der Waals surface area contributed by atoms with Crippen molar-refractivity contribution in [2.75, 3.05) is 0 Å². The number of amides is 1. The van der Waals surface area contributed by atoms with Crippen LogP contribution in [-0.4, -0.2) is 20.7 Å². The Morgan fingerprint density at radius 3 is 2.54 bits per heavy atom. The van der Waals surface area contributed by atoms with E-state index in [1.807, 2.05) is 42.8 Å². The fraction of sp³-hybridized carbons (Fsp3) is 0.286. The molecule has 3 aromatic rings. The van der Waals surface area contributed by atoms with E-state index in [0.717, 1.165) is 29.8 Å². The van der Waals surface area contributed by atoms with E-state index in [4.69, 9.17) is 0 Å². The van der Waals surface area contributed by atoms with Crippen LogP contribution in [0.3, 0.4) is 0 Å². The van der Waals surface area contributed by atoms with E-state index in [1.165, 1.54) is 5.56 Å². The molecule has 134 valence electrons. The fourth-order valence-electron chi connectivity index (χ4n) is 2.98. The summed E-state index contributed by atoms with van der Waals surface area (Å²) >= 11 is 0. The molecule has 0 aliphatic heterocycles. The standard InChI is InChI=1S/C21H24N4O/c1-4-12-25-16(3)19(14-23-25)21(26)24-20(18-6-5-11-22-13-18)17-9-7-15(2)8-10-17/h5-11,13-14,20H,4,12H2,1-3H3,(H,24,26). The molecule has 2 aromatic heterocycles. The van der Waals surface area contributed by atoms with E-state index in [0.29, 0.717) is 5.56 Å². The fourth-order valence-corrected chi connectivity index (χ4v) is 2.98. The van der Waals surface area contributed by atoms with Gasteiger partial charge < -0.3 is 5.32 Å². The molecule has 26 heavy (non-hydrogen) atoms. The Balaban J connectivity index is 1.91. The average molecular weight is 348 g/mol. The lowest BCUT2D eigenvalue weighted by Crippen LogP contribution is -2.29. The van der Waals surface area contributed by atoms with E-state index in [-0.39, 0.29) is 11.9 Å². The normalized spacial score (nSPS) is 12.0. The molecule has 0 spiro atoms. The lowest BCUT2D eigenvalue weighted by molar-refractivity contribution is 0.0942. The maximum Gasteiger partial charge on any atom is 0.255 e. The number of benzene rings is 1. The van der Waals surface area contributed by atoms with E-state index >= 15 is 0 Å². The highest BCUT2D eigenvalue weighted by atomic mass is 16.1. The number of carbonyl (C=O) groups is 1. The lowest BCUT2D eigenvalue weighted by atomic mass is 9.98. The van der Waals surface area contributed by atoms with Crippen molar-refractivity contribution < 1.29 is 4.79 Å². The highest BCUT2D eigenvalue weighted by molar-refractivity contribution is 5.95. The summed E-state index contributed by atoms with van der Waals surface area (Å²) in [6, 6.07) is 11.8. The molecule has 0 aliphatic rings. The summed E-state index contributed by atoms with van der Waals surface area (Å²) in [5.41, 5.74) is 4.65. The van der Waals surface area contributed by atoms with Crippen molar-refractivity contribution in [2.45, 2.75) is 39.8 Å². The summed E-state index contributed by atoms with van der Waals surface area (Å²) in [5.74, 6) is -0.126. The Labute approximate surface area is 154 Å². The molecular weight excluding hydrogens is 324 g/mol. The SMILES string of the molecule is CCCn1ncc(C(=O)NC(c2ccc(C)cc2)c2cccnc2)c1C. The van der Waals surface area contributed by atoms with Crippen LogP contribution < -0.4 is 5.32 Å². The Morgan fingerprint density at radius 1 is 1.12 bits per heavy atom. The molecule has 0 saturated carbocycles. The predicted octanol–water partition coefficient (Wildman–Crippen LogP) is 3.82. The molecule has 0 fully saturated rings. The minimum Gasteiger partial charge on any atom is -0.341 e. The van der Waals surface area contributed by atoms with Gasteiger partial charge in [-0.3, -0.25) is 14.5 Å². The molecule has 1 unspecified atom stereocenters. The summed E-state index contributed by atoms with van der Waals surface area (Å²) in [4.78, 5) is 17.1. The smallest absolute Gasteiger partial charge is 0.255 e. The molecule has 1 atom stereocenters. The third-order valence-corrected chi connectivity index (χ3v) is 4.49. The van der Waals surface area contributed by atoms with Crippen LogP contribution in [0.4, 0.5) is 0 Å². The quantitative estimate of drug-likeness (QED) is 0.736.